The standard InChI is InChI=1S/C22H29ClN2O3/c1-4-28-22(26)19-9-12-25(15(2)3)21(19)20(16-5-7-17(23)8-6-16)24-18-10-13-27-14-11-18/h5-9,12,15,18,20,24H,4,10-11,13-14H2,1-3H3. The minimum Gasteiger partial charge on any atom is -0.462 e. The molecule has 1 aromatic carbocycles. The molecule has 1 atom stereocenters. The number of carbonyl (C=O) groups is 1. The lowest BCUT2D eigenvalue weighted by Crippen LogP contribution is -2.39. The Morgan fingerprint density at radius 2 is 1.93 bits per heavy atom. The van der Waals surface area contributed by atoms with E-state index in [1.165, 1.54) is 0 Å². The zero-order valence-electron chi connectivity index (χ0n) is 16.8. The molecule has 1 aliphatic heterocycles. The van der Waals surface area contributed by atoms with E-state index in [2.05, 4.69) is 23.7 Å². The van der Waals surface area contributed by atoms with Crippen molar-refractivity contribution < 1.29 is 14.3 Å². The summed E-state index contributed by atoms with van der Waals surface area (Å²) in [4.78, 5) is 12.7. The Morgan fingerprint density at radius 1 is 1.25 bits per heavy atom. The third-order valence-electron chi connectivity index (χ3n) is 5.11. The molecule has 6 heteroatoms. The summed E-state index contributed by atoms with van der Waals surface area (Å²) in [7, 11) is 0. The van der Waals surface area contributed by atoms with Crippen LogP contribution in [0, 0.1) is 0 Å². The SMILES string of the molecule is CCOC(=O)c1ccn(C(C)C)c1C(NC1CCOCC1)c1ccc(Cl)cc1. The molecule has 1 saturated heterocycles. The molecule has 3 rings (SSSR count). The van der Waals surface area contributed by atoms with Crippen LogP contribution in [-0.4, -0.2) is 36.4 Å². The Morgan fingerprint density at radius 3 is 2.54 bits per heavy atom. The molecule has 0 radical (unpaired) electrons. The first-order valence-corrected chi connectivity index (χ1v) is 10.4. The molecule has 28 heavy (non-hydrogen) atoms. The van der Waals surface area contributed by atoms with Crippen molar-refractivity contribution in [1.82, 2.24) is 9.88 Å². The third-order valence-corrected chi connectivity index (χ3v) is 5.36. The molecule has 152 valence electrons. The molecule has 0 saturated carbocycles. The van der Waals surface area contributed by atoms with Gasteiger partial charge in [-0.05, 0) is 57.4 Å². The number of ether oxygens (including phenoxy) is 2. The quantitative estimate of drug-likeness (QED) is 0.676. The van der Waals surface area contributed by atoms with Gasteiger partial charge in [0.1, 0.15) is 0 Å². The summed E-state index contributed by atoms with van der Waals surface area (Å²) < 4.78 is 13.0. The number of benzene rings is 1. The Kier molecular flexibility index (Phi) is 7.16. The molecule has 1 fully saturated rings. The number of hydrogen-bond donors (Lipinski definition) is 1. The predicted octanol–water partition coefficient (Wildman–Crippen LogP) is 4.76. The van der Waals surface area contributed by atoms with Gasteiger partial charge in [-0.25, -0.2) is 4.79 Å². The van der Waals surface area contributed by atoms with Crippen LogP contribution in [0.3, 0.4) is 0 Å². The average molecular weight is 405 g/mol. The van der Waals surface area contributed by atoms with Gasteiger partial charge < -0.3 is 19.4 Å². The van der Waals surface area contributed by atoms with E-state index in [0.29, 0.717) is 23.2 Å². The molecule has 2 heterocycles. The first kappa shape index (κ1) is 20.9. The van der Waals surface area contributed by atoms with Crippen molar-refractivity contribution in [2.75, 3.05) is 19.8 Å². The topological polar surface area (TPSA) is 52.5 Å². The van der Waals surface area contributed by atoms with E-state index in [-0.39, 0.29) is 18.1 Å². The zero-order valence-corrected chi connectivity index (χ0v) is 17.5. The number of rotatable bonds is 7. The first-order valence-electron chi connectivity index (χ1n) is 9.98. The van der Waals surface area contributed by atoms with Crippen molar-refractivity contribution in [2.45, 2.75) is 51.7 Å². The van der Waals surface area contributed by atoms with Gasteiger partial charge in [-0.2, -0.15) is 0 Å². The molecule has 1 N–H and O–H groups in total. The van der Waals surface area contributed by atoms with E-state index in [4.69, 9.17) is 21.1 Å². The number of carbonyl (C=O) groups excluding carboxylic acids is 1. The van der Waals surface area contributed by atoms with Crippen LogP contribution < -0.4 is 5.32 Å². The normalized spacial score (nSPS) is 16.3. The monoisotopic (exact) mass is 404 g/mol. The summed E-state index contributed by atoms with van der Waals surface area (Å²) >= 11 is 6.12. The number of nitrogens with one attached hydrogen (secondary N) is 1. The number of hydrogen-bond acceptors (Lipinski definition) is 4. The van der Waals surface area contributed by atoms with Gasteiger partial charge in [0.25, 0.3) is 0 Å². The molecule has 0 amide bonds. The average Bonchev–Trinajstić information content (AvgIpc) is 3.13. The number of halogens is 1. The zero-order chi connectivity index (χ0) is 20.1. The Hall–Kier alpha value is -1.82. The van der Waals surface area contributed by atoms with Crippen molar-refractivity contribution in [2.24, 2.45) is 0 Å². The van der Waals surface area contributed by atoms with E-state index in [1.54, 1.807) is 0 Å². The third kappa shape index (κ3) is 4.77. The van der Waals surface area contributed by atoms with Gasteiger partial charge in [0, 0.05) is 36.5 Å². The van der Waals surface area contributed by atoms with Gasteiger partial charge in [-0.1, -0.05) is 23.7 Å². The highest BCUT2D eigenvalue weighted by Gasteiger charge is 2.29. The van der Waals surface area contributed by atoms with Crippen LogP contribution in [0.5, 0.6) is 0 Å². The van der Waals surface area contributed by atoms with Crippen molar-refractivity contribution in [3.05, 3.63) is 58.4 Å². The highest BCUT2D eigenvalue weighted by atomic mass is 35.5. The summed E-state index contributed by atoms with van der Waals surface area (Å²) in [5.41, 5.74) is 2.61. The highest BCUT2D eigenvalue weighted by Crippen LogP contribution is 2.31. The summed E-state index contributed by atoms with van der Waals surface area (Å²) in [5.74, 6) is -0.287. The van der Waals surface area contributed by atoms with Gasteiger partial charge in [0.05, 0.1) is 23.9 Å². The van der Waals surface area contributed by atoms with Crippen molar-refractivity contribution in [3.63, 3.8) is 0 Å². The fraction of sp³-hybridized carbons (Fsp3) is 0.500. The molecule has 0 bridgehead atoms. The van der Waals surface area contributed by atoms with Crippen LogP contribution in [0.2, 0.25) is 5.02 Å². The molecule has 5 nitrogen and oxygen atoms in total. The maximum absolute atomic E-state index is 12.7. The summed E-state index contributed by atoms with van der Waals surface area (Å²) in [6, 6.07) is 10.1. The lowest BCUT2D eigenvalue weighted by Gasteiger charge is -2.31. The summed E-state index contributed by atoms with van der Waals surface area (Å²) in [6.45, 7) is 7.91. The van der Waals surface area contributed by atoms with Crippen LogP contribution in [0.1, 0.15) is 67.3 Å². The van der Waals surface area contributed by atoms with E-state index in [1.807, 2.05) is 43.5 Å². The lowest BCUT2D eigenvalue weighted by atomic mass is 9.97. The second-order valence-electron chi connectivity index (χ2n) is 7.37. The van der Waals surface area contributed by atoms with Crippen LogP contribution >= 0.6 is 11.6 Å². The molecule has 2 aromatic rings. The second-order valence-corrected chi connectivity index (χ2v) is 7.81. The van der Waals surface area contributed by atoms with E-state index in [0.717, 1.165) is 37.3 Å². The van der Waals surface area contributed by atoms with E-state index < -0.39 is 0 Å². The van der Waals surface area contributed by atoms with Crippen molar-refractivity contribution in [1.29, 1.82) is 0 Å². The van der Waals surface area contributed by atoms with E-state index >= 15 is 0 Å². The van der Waals surface area contributed by atoms with Crippen molar-refractivity contribution >= 4 is 17.6 Å². The molecule has 1 aromatic heterocycles. The molecule has 0 aliphatic carbocycles. The first-order chi connectivity index (χ1) is 13.5. The minimum absolute atomic E-state index is 0.142. The second kappa shape index (κ2) is 9.59. The Balaban J connectivity index is 2.06. The molecular formula is C22H29ClN2O3. The molecule has 1 unspecified atom stereocenters. The van der Waals surface area contributed by atoms with Gasteiger partial charge in [0.15, 0.2) is 0 Å². The Labute approximate surface area is 172 Å². The number of nitrogens with zero attached hydrogens (tertiary/aromatic N) is 1. The number of esters is 1. The van der Waals surface area contributed by atoms with E-state index in [9.17, 15) is 4.79 Å². The molecular weight excluding hydrogens is 376 g/mol. The Bertz CT molecular complexity index is 780. The summed E-state index contributed by atoms with van der Waals surface area (Å²) in [5, 5.41) is 4.47. The smallest absolute Gasteiger partial charge is 0.340 e. The van der Waals surface area contributed by atoms with Gasteiger partial charge in [-0.15, -0.1) is 0 Å². The van der Waals surface area contributed by atoms with Crippen LogP contribution in [0.15, 0.2) is 36.5 Å². The van der Waals surface area contributed by atoms with Crippen LogP contribution in [0.25, 0.3) is 0 Å². The molecule has 1 aliphatic rings. The maximum Gasteiger partial charge on any atom is 0.340 e. The number of aromatic nitrogens is 1. The largest absolute Gasteiger partial charge is 0.462 e. The molecule has 0 spiro atoms. The van der Waals surface area contributed by atoms with Gasteiger partial charge in [-0.3, -0.25) is 0 Å². The van der Waals surface area contributed by atoms with Crippen LogP contribution in [0.4, 0.5) is 0 Å². The summed E-state index contributed by atoms with van der Waals surface area (Å²) in [6.07, 6.45) is 3.86. The van der Waals surface area contributed by atoms with Gasteiger partial charge >= 0.3 is 5.97 Å². The van der Waals surface area contributed by atoms with Crippen molar-refractivity contribution in [3.8, 4) is 0 Å². The fourth-order valence-corrected chi connectivity index (χ4v) is 3.81. The van der Waals surface area contributed by atoms with Gasteiger partial charge in [0.2, 0.25) is 0 Å². The lowest BCUT2D eigenvalue weighted by molar-refractivity contribution is 0.0522. The minimum atomic E-state index is -0.287. The maximum atomic E-state index is 12.7. The fourth-order valence-electron chi connectivity index (χ4n) is 3.68. The van der Waals surface area contributed by atoms with Crippen LogP contribution in [-0.2, 0) is 9.47 Å². The predicted molar refractivity (Wildman–Crippen MR) is 111 cm³/mol. The highest BCUT2D eigenvalue weighted by molar-refractivity contribution is 6.30.